The fraction of sp³-hybridized carbons (Fsp3) is 0.850. The summed E-state index contributed by atoms with van der Waals surface area (Å²) in [6.45, 7) is 2.55. The molecule has 0 aromatic carbocycles. The molecule has 2 aliphatic carbocycles. The van der Waals surface area contributed by atoms with Crippen molar-refractivity contribution in [2.24, 2.45) is 11.8 Å². The zero-order chi connectivity index (χ0) is 18.9. The average molecular weight is 370 g/mol. The van der Waals surface area contributed by atoms with Gasteiger partial charge in [-0.3, -0.25) is 15.1 Å². The predicted molar refractivity (Wildman–Crippen MR) is 99.2 cm³/mol. The number of rotatable bonds is 14. The summed E-state index contributed by atoms with van der Waals surface area (Å²) < 4.78 is 0. The quantitative estimate of drug-likeness (QED) is 0.277. The van der Waals surface area contributed by atoms with Crippen molar-refractivity contribution in [3.05, 3.63) is 11.3 Å². The van der Waals surface area contributed by atoms with E-state index in [1.54, 1.807) is 0 Å². The maximum Gasteiger partial charge on any atom is 0.303 e. The van der Waals surface area contributed by atoms with E-state index in [1.807, 2.05) is 0 Å². The number of carboxylic acids is 1. The van der Waals surface area contributed by atoms with Crippen molar-refractivity contribution in [2.75, 3.05) is 6.61 Å². The summed E-state index contributed by atoms with van der Waals surface area (Å²) in [5.74, 6) is -0.355. The summed E-state index contributed by atoms with van der Waals surface area (Å²) in [5.41, 5.74) is 5.23. The molecule has 26 heavy (non-hydrogen) atoms. The van der Waals surface area contributed by atoms with Gasteiger partial charge in [-0.1, -0.05) is 32.6 Å². The molecule has 4 atom stereocenters. The number of unbranched alkanes of at least 4 members (excludes halogenated alkanes) is 3. The molecule has 0 aromatic rings. The van der Waals surface area contributed by atoms with Gasteiger partial charge in [0, 0.05) is 18.0 Å². The maximum atomic E-state index is 10.5. The van der Waals surface area contributed by atoms with Gasteiger partial charge >= 0.3 is 5.97 Å². The standard InChI is InChI=1S/C20H35NO5/c1-2-3-4-5-7-15(22)10-9-14-12-16-17(20(14)25)13-18(16)21-26-11-6-8-19(23)24/h14-15,17,20-22,25H,2-13H2,1H3,(H,23,24). The molecule has 0 aliphatic heterocycles. The van der Waals surface area contributed by atoms with Crippen LogP contribution in [0.5, 0.6) is 0 Å². The Labute approximate surface area is 156 Å². The largest absolute Gasteiger partial charge is 0.481 e. The second kappa shape index (κ2) is 10.9. The van der Waals surface area contributed by atoms with Crippen molar-refractivity contribution in [3.8, 4) is 0 Å². The lowest BCUT2D eigenvalue weighted by atomic mass is 9.83. The Hall–Kier alpha value is -1.11. The van der Waals surface area contributed by atoms with Crippen LogP contribution in [0.15, 0.2) is 11.3 Å². The summed E-state index contributed by atoms with van der Waals surface area (Å²) in [5, 5.41) is 29.2. The number of aliphatic hydroxyl groups is 2. The number of aliphatic carboxylic acids is 1. The number of hydrogen-bond donors (Lipinski definition) is 4. The zero-order valence-electron chi connectivity index (χ0n) is 16.0. The molecule has 0 spiro atoms. The average Bonchev–Trinajstić information content (AvgIpc) is 2.83. The van der Waals surface area contributed by atoms with E-state index in [4.69, 9.17) is 9.94 Å². The van der Waals surface area contributed by atoms with Crippen LogP contribution in [0.3, 0.4) is 0 Å². The van der Waals surface area contributed by atoms with E-state index >= 15 is 0 Å². The van der Waals surface area contributed by atoms with Crippen LogP contribution in [0.2, 0.25) is 0 Å². The van der Waals surface area contributed by atoms with Crippen LogP contribution in [0, 0.1) is 11.8 Å². The number of carbonyl (C=O) groups is 1. The molecule has 6 nitrogen and oxygen atoms in total. The second-order valence-corrected chi connectivity index (χ2v) is 7.80. The minimum Gasteiger partial charge on any atom is -0.481 e. The highest BCUT2D eigenvalue weighted by Gasteiger charge is 2.45. The van der Waals surface area contributed by atoms with Gasteiger partial charge in [-0.15, -0.1) is 0 Å². The SMILES string of the molecule is CCCCCCC(O)CCC1CC2=C(NOCCCC(=O)O)CC2C1O. The number of fused-ring (bicyclic) bond motifs is 1. The third-order valence-corrected chi connectivity index (χ3v) is 5.73. The van der Waals surface area contributed by atoms with Crippen molar-refractivity contribution in [2.45, 2.75) is 89.8 Å². The molecule has 0 amide bonds. The molecule has 4 N–H and O–H groups in total. The van der Waals surface area contributed by atoms with Crippen molar-refractivity contribution >= 4 is 5.97 Å². The second-order valence-electron chi connectivity index (χ2n) is 7.80. The van der Waals surface area contributed by atoms with E-state index < -0.39 is 5.97 Å². The van der Waals surface area contributed by atoms with E-state index in [9.17, 15) is 15.0 Å². The normalized spacial score (nSPS) is 25.7. The van der Waals surface area contributed by atoms with Crippen molar-refractivity contribution < 1.29 is 25.0 Å². The van der Waals surface area contributed by atoms with E-state index in [2.05, 4.69) is 12.4 Å². The van der Waals surface area contributed by atoms with Gasteiger partial charge in [-0.2, -0.15) is 0 Å². The summed E-state index contributed by atoms with van der Waals surface area (Å²) >= 11 is 0. The van der Waals surface area contributed by atoms with Crippen LogP contribution in [0.25, 0.3) is 0 Å². The van der Waals surface area contributed by atoms with Gasteiger partial charge in [-0.25, -0.2) is 0 Å². The molecule has 1 saturated carbocycles. The van der Waals surface area contributed by atoms with Gasteiger partial charge in [0.1, 0.15) is 0 Å². The zero-order valence-corrected chi connectivity index (χ0v) is 16.0. The Morgan fingerprint density at radius 2 is 2.04 bits per heavy atom. The van der Waals surface area contributed by atoms with Gasteiger partial charge in [-0.05, 0) is 50.0 Å². The molecular formula is C20H35NO5. The summed E-state index contributed by atoms with van der Waals surface area (Å²) in [7, 11) is 0. The number of aliphatic hydroxyl groups excluding tert-OH is 2. The number of hydrogen-bond acceptors (Lipinski definition) is 5. The molecule has 1 fully saturated rings. The van der Waals surface area contributed by atoms with E-state index in [1.165, 1.54) is 24.8 Å². The molecule has 0 aromatic heterocycles. The minimum atomic E-state index is -0.811. The molecular weight excluding hydrogens is 334 g/mol. The van der Waals surface area contributed by atoms with Crippen molar-refractivity contribution in [3.63, 3.8) is 0 Å². The first kappa shape index (κ1) is 21.2. The third-order valence-electron chi connectivity index (χ3n) is 5.73. The molecule has 0 bridgehead atoms. The van der Waals surface area contributed by atoms with Crippen LogP contribution < -0.4 is 5.48 Å². The Morgan fingerprint density at radius 1 is 1.23 bits per heavy atom. The predicted octanol–water partition coefficient (Wildman–Crippen LogP) is 3.14. The Bertz CT molecular complexity index is 479. The Balaban J connectivity index is 1.64. The summed E-state index contributed by atoms with van der Waals surface area (Å²) in [6.07, 6.45) is 8.92. The van der Waals surface area contributed by atoms with Crippen LogP contribution in [-0.4, -0.2) is 40.1 Å². The monoisotopic (exact) mass is 369 g/mol. The lowest BCUT2D eigenvalue weighted by Crippen LogP contribution is -2.32. The van der Waals surface area contributed by atoms with Crippen LogP contribution >= 0.6 is 0 Å². The molecule has 2 aliphatic rings. The van der Waals surface area contributed by atoms with Crippen LogP contribution in [-0.2, 0) is 9.63 Å². The fourth-order valence-corrected chi connectivity index (χ4v) is 4.07. The lowest BCUT2D eigenvalue weighted by molar-refractivity contribution is -0.137. The molecule has 6 heteroatoms. The lowest BCUT2D eigenvalue weighted by Gasteiger charge is -2.30. The first-order chi connectivity index (χ1) is 12.5. The maximum absolute atomic E-state index is 10.5. The highest BCUT2D eigenvalue weighted by atomic mass is 16.6. The van der Waals surface area contributed by atoms with Crippen molar-refractivity contribution in [1.82, 2.24) is 5.48 Å². The van der Waals surface area contributed by atoms with Gasteiger partial charge < -0.3 is 15.3 Å². The molecule has 0 heterocycles. The van der Waals surface area contributed by atoms with E-state index in [0.717, 1.165) is 44.2 Å². The first-order valence-corrected chi connectivity index (χ1v) is 10.2. The fourth-order valence-electron chi connectivity index (χ4n) is 4.07. The highest BCUT2D eigenvalue weighted by Crippen LogP contribution is 2.49. The smallest absolute Gasteiger partial charge is 0.303 e. The number of carboxylic acid groups (broad SMARTS) is 1. The van der Waals surface area contributed by atoms with Gasteiger partial charge in [0.2, 0.25) is 0 Å². The third kappa shape index (κ3) is 6.25. The Kier molecular flexibility index (Phi) is 8.88. The molecule has 0 saturated heterocycles. The van der Waals surface area contributed by atoms with Crippen LogP contribution in [0.1, 0.15) is 77.6 Å². The van der Waals surface area contributed by atoms with E-state index in [-0.39, 0.29) is 30.5 Å². The van der Waals surface area contributed by atoms with E-state index in [0.29, 0.717) is 13.0 Å². The van der Waals surface area contributed by atoms with Gasteiger partial charge in [0.15, 0.2) is 0 Å². The minimum absolute atomic E-state index is 0.109. The molecule has 150 valence electrons. The first-order valence-electron chi connectivity index (χ1n) is 10.2. The number of allylic oxidation sites excluding steroid dienone is 1. The number of nitrogens with one attached hydrogen (secondary N) is 1. The Morgan fingerprint density at radius 3 is 2.77 bits per heavy atom. The summed E-state index contributed by atoms with van der Waals surface area (Å²) in [6, 6.07) is 0. The van der Waals surface area contributed by atoms with Crippen molar-refractivity contribution in [1.29, 1.82) is 0 Å². The molecule has 2 rings (SSSR count). The van der Waals surface area contributed by atoms with Crippen LogP contribution in [0.4, 0.5) is 0 Å². The molecule has 4 unspecified atom stereocenters. The number of hydroxylamine groups is 1. The highest BCUT2D eigenvalue weighted by molar-refractivity contribution is 5.66. The van der Waals surface area contributed by atoms with Gasteiger partial charge in [0.25, 0.3) is 0 Å². The summed E-state index contributed by atoms with van der Waals surface area (Å²) in [4.78, 5) is 15.8. The topological polar surface area (TPSA) is 99.0 Å². The molecule has 0 radical (unpaired) electrons. The van der Waals surface area contributed by atoms with Gasteiger partial charge in [0.05, 0.1) is 18.8 Å².